The van der Waals surface area contributed by atoms with Gasteiger partial charge in [0.1, 0.15) is 42.7 Å². The molecule has 13 heteroatoms. The summed E-state index contributed by atoms with van der Waals surface area (Å²) in [4.78, 5) is 12.5. The molecule has 13 nitrogen and oxygen atoms in total. The highest BCUT2D eigenvalue weighted by atomic mass is 16.8. The van der Waals surface area contributed by atoms with E-state index in [0.717, 1.165) is 38.5 Å². The Hall–Kier alpha value is -0.970. The molecule has 0 aromatic carbocycles. The Morgan fingerprint density at radius 3 is 1.40 bits per heavy atom. The van der Waals surface area contributed by atoms with Crippen LogP contribution in [-0.2, 0) is 23.7 Å². The third-order valence-corrected chi connectivity index (χ3v) is 8.25. The van der Waals surface area contributed by atoms with Gasteiger partial charge in [-0.1, -0.05) is 83.5 Å². The first-order valence-corrected chi connectivity index (χ1v) is 16.1. The van der Waals surface area contributed by atoms with E-state index in [2.05, 4.69) is 0 Å². The van der Waals surface area contributed by atoms with Gasteiger partial charge in [0.25, 0.3) is 0 Å². The maximum atomic E-state index is 12.5. The van der Waals surface area contributed by atoms with Crippen LogP contribution in [-0.4, -0.2) is 128 Å². The monoisotopic (exact) mass is 624 g/mol. The van der Waals surface area contributed by atoms with E-state index in [-0.39, 0.29) is 6.42 Å². The molecule has 2 aliphatic rings. The standard InChI is InChI=1S/C30H56O13/c31-17-15-13-11-9-7-5-3-1-2-4-6-8-10-12-14-16-22(34)42-28-24(36)21(19-33)41-30(27(28)39)43-29-26(38)25(37)23(35)20(18-32)40-29/h20-21,23-33,35-39H,1-19H2/t20-,21-,23-,24-,25+,26-,27-,28+,29-,30-/m1/s1. The van der Waals surface area contributed by atoms with Gasteiger partial charge in [0.2, 0.25) is 0 Å². The molecule has 0 aromatic rings. The molecular weight excluding hydrogens is 568 g/mol. The van der Waals surface area contributed by atoms with Crippen molar-refractivity contribution in [3.63, 3.8) is 0 Å². The maximum Gasteiger partial charge on any atom is 0.306 e. The van der Waals surface area contributed by atoms with E-state index in [1.165, 1.54) is 51.4 Å². The van der Waals surface area contributed by atoms with Crippen molar-refractivity contribution in [3.05, 3.63) is 0 Å². The van der Waals surface area contributed by atoms with E-state index in [1.807, 2.05) is 0 Å². The molecule has 2 aliphatic heterocycles. The molecule has 0 radical (unpaired) electrons. The van der Waals surface area contributed by atoms with Crippen LogP contribution in [0.25, 0.3) is 0 Å². The summed E-state index contributed by atoms with van der Waals surface area (Å²) in [6.07, 6.45) is 1.07. The van der Waals surface area contributed by atoms with E-state index in [9.17, 15) is 40.5 Å². The predicted molar refractivity (Wildman–Crippen MR) is 153 cm³/mol. The summed E-state index contributed by atoms with van der Waals surface area (Å²) >= 11 is 0. The van der Waals surface area contributed by atoms with Crippen molar-refractivity contribution in [1.29, 1.82) is 0 Å². The zero-order chi connectivity index (χ0) is 31.6. The average Bonchev–Trinajstić information content (AvgIpc) is 3.00. The zero-order valence-electron chi connectivity index (χ0n) is 25.3. The summed E-state index contributed by atoms with van der Waals surface area (Å²) in [6.45, 7) is -1.09. The Balaban J connectivity index is 1.64. The number of ether oxygens (including phenoxy) is 4. The summed E-state index contributed by atoms with van der Waals surface area (Å²) in [5.74, 6) is -0.637. The molecule has 0 bridgehead atoms. The highest BCUT2D eigenvalue weighted by molar-refractivity contribution is 5.69. The third kappa shape index (κ3) is 13.1. The lowest BCUT2D eigenvalue weighted by molar-refractivity contribution is -0.376. The smallest absolute Gasteiger partial charge is 0.306 e. The molecule has 0 amide bonds. The van der Waals surface area contributed by atoms with Crippen LogP contribution < -0.4 is 0 Å². The van der Waals surface area contributed by atoms with E-state index in [0.29, 0.717) is 13.0 Å². The van der Waals surface area contributed by atoms with Crippen LogP contribution >= 0.6 is 0 Å². The highest BCUT2D eigenvalue weighted by Crippen LogP contribution is 2.29. The van der Waals surface area contributed by atoms with Gasteiger partial charge >= 0.3 is 5.97 Å². The van der Waals surface area contributed by atoms with Crippen LogP contribution in [0.4, 0.5) is 0 Å². The van der Waals surface area contributed by atoms with Gasteiger partial charge in [-0.2, -0.15) is 0 Å². The summed E-state index contributed by atoms with van der Waals surface area (Å²) in [7, 11) is 0. The molecule has 2 fully saturated rings. The van der Waals surface area contributed by atoms with Crippen LogP contribution in [0.3, 0.4) is 0 Å². The lowest BCUT2D eigenvalue weighted by Gasteiger charge is -2.45. The van der Waals surface area contributed by atoms with Crippen molar-refractivity contribution < 1.29 is 64.6 Å². The number of hydrogen-bond acceptors (Lipinski definition) is 13. The lowest BCUT2D eigenvalue weighted by Crippen LogP contribution is -2.64. The number of unbranched alkanes of at least 4 members (excludes halogenated alkanes) is 14. The average molecular weight is 625 g/mol. The fourth-order valence-corrected chi connectivity index (χ4v) is 5.51. The molecule has 8 N–H and O–H groups in total. The molecular formula is C30H56O13. The number of esters is 1. The second-order valence-corrected chi connectivity index (χ2v) is 11.8. The molecule has 43 heavy (non-hydrogen) atoms. The van der Waals surface area contributed by atoms with Gasteiger partial charge in [-0.05, 0) is 12.8 Å². The topological polar surface area (TPSA) is 216 Å². The van der Waals surface area contributed by atoms with Crippen LogP contribution in [0, 0.1) is 0 Å². The first kappa shape index (κ1) is 38.2. The molecule has 0 spiro atoms. The van der Waals surface area contributed by atoms with Gasteiger partial charge in [-0.25, -0.2) is 0 Å². The van der Waals surface area contributed by atoms with E-state index in [4.69, 9.17) is 24.1 Å². The molecule has 0 saturated carbocycles. The van der Waals surface area contributed by atoms with Crippen LogP contribution in [0.1, 0.15) is 103 Å². The van der Waals surface area contributed by atoms with Gasteiger partial charge < -0.3 is 59.8 Å². The van der Waals surface area contributed by atoms with Crippen molar-refractivity contribution in [2.75, 3.05) is 19.8 Å². The van der Waals surface area contributed by atoms with E-state index >= 15 is 0 Å². The third-order valence-electron chi connectivity index (χ3n) is 8.25. The Morgan fingerprint density at radius 1 is 0.512 bits per heavy atom. The van der Waals surface area contributed by atoms with Gasteiger partial charge in [0, 0.05) is 13.0 Å². The van der Waals surface area contributed by atoms with Crippen LogP contribution in [0.5, 0.6) is 0 Å². The second kappa shape index (κ2) is 21.7. The summed E-state index contributed by atoms with van der Waals surface area (Å²) in [5, 5.41) is 79.2. The molecule has 0 unspecified atom stereocenters. The first-order chi connectivity index (χ1) is 20.7. The Bertz CT molecular complexity index is 726. The van der Waals surface area contributed by atoms with Gasteiger partial charge in [-0.15, -0.1) is 0 Å². The normalized spacial score (nSPS) is 33.0. The molecule has 10 atom stereocenters. The first-order valence-electron chi connectivity index (χ1n) is 16.1. The van der Waals surface area contributed by atoms with Crippen molar-refractivity contribution in [2.45, 2.75) is 164 Å². The number of rotatable bonds is 22. The summed E-state index contributed by atoms with van der Waals surface area (Å²) < 4.78 is 21.4. The minimum absolute atomic E-state index is 0.0822. The minimum atomic E-state index is -1.77. The fourth-order valence-electron chi connectivity index (χ4n) is 5.51. The molecule has 2 saturated heterocycles. The predicted octanol–water partition coefficient (Wildman–Crippen LogP) is 0.388. The molecule has 2 rings (SSSR count). The molecule has 2 heterocycles. The fraction of sp³-hybridized carbons (Fsp3) is 0.967. The molecule has 0 aromatic heterocycles. The summed E-state index contributed by atoms with van der Waals surface area (Å²) in [5.41, 5.74) is 0. The summed E-state index contributed by atoms with van der Waals surface area (Å²) in [6, 6.07) is 0. The van der Waals surface area contributed by atoms with Crippen molar-refractivity contribution >= 4 is 5.97 Å². The van der Waals surface area contributed by atoms with Gasteiger partial charge in [-0.3, -0.25) is 4.79 Å². The number of carbonyl (C=O) groups excluding carboxylic acids is 1. The Morgan fingerprint density at radius 2 is 0.930 bits per heavy atom. The largest absolute Gasteiger partial charge is 0.456 e. The number of hydrogen-bond donors (Lipinski definition) is 8. The lowest BCUT2D eigenvalue weighted by atomic mass is 9.98. The molecule has 0 aliphatic carbocycles. The van der Waals surface area contributed by atoms with Crippen LogP contribution in [0.2, 0.25) is 0 Å². The van der Waals surface area contributed by atoms with Gasteiger partial charge in [0.05, 0.1) is 13.2 Å². The number of aliphatic hydroxyl groups excluding tert-OH is 8. The van der Waals surface area contributed by atoms with Crippen LogP contribution in [0.15, 0.2) is 0 Å². The quantitative estimate of drug-likeness (QED) is 0.0605. The van der Waals surface area contributed by atoms with Gasteiger partial charge in [0.15, 0.2) is 18.7 Å². The van der Waals surface area contributed by atoms with E-state index in [1.54, 1.807) is 0 Å². The zero-order valence-corrected chi connectivity index (χ0v) is 25.3. The number of aliphatic hydroxyl groups is 8. The van der Waals surface area contributed by atoms with E-state index < -0.39 is 80.6 Å². The second-order valence-electron chi connectivity index (χ2n) is 11.8. The Kier molecular flexibility index (Phi) is 19.3. The van der Waals surface area contributed by atoms with Crippen molar-refractivity contribution in [1.82, 2.24) is 0 Å². The van der Waals surface area contributed by atoms with Crippen molar-refractivity contribution in [3.8, 4) is 0 Å². The minimum Gasteiger partial charge on any atom is -0.456 e. The SMILES string of the molecule is O=C(CCCCCCCCCCCCCCCCCO)O[C@@H]1[C@@H](O)[C@@H](O[C@H]2O[C@H](CO)[C@@H](O)[C@H](O)[C@H]2O)O[C@H](CO)[C@H]1O. The Labute approximate surface area is 254 Å². The maximum absolute atomic E-state index is 12.5. The number of carbonyl (C=O) groups is 1. The molecule has 254 valence electrons. The van der Waals surface area contributed by atoms with Crippen molar-refractivity contribution in [2.24, 2.45) is 0 Å². The highest BCUT2D eigenvalue weighted by Gasteiger charge is 2.51.